The van der Waals surface area contributed by atoms with Gasteiger partial charge in [-0.15, -0.1) is 0 Å². The maximum Gasteiger partial charge on any atom is 0.183 e. The van der Waals surface area contributed by atoms with E-state index in [9.17, 15) is 5.11 Å². The van der Waals surface area contributed by atoms with Gasteiger partial charge in [0.25, 0.3) is 0 Å². The van der Waals surface area contributed by atoms with Crippen LogP contribution in [0.2, 0.25) is 0 Å². The van der Waals surface area contributed by atoms with Crippen LogP contribution in [0.1, 0.15) is 19.8 Å². The van der Waals surface area contributed by atoms with Crippen LogP contribution >= 0.6 is 0 Å². The summed E-state index contributed by atoms with van der Waals surface area (Å²) < 4.78 is 11.5. The monoisotopic (exact) mass is 367 g/mol. The molecule has 1 saturated carbocycles. The highest BCUT2D eigenvalue weighted by atomic mass is 16.6. The van der Waals surface area contributed by atoms with Gasteiger partial charge < -0.3 is 24.9 Å². The van der Waals surface area contributed by atoms with E-state index in [1.807, 2.05) is 18.2 Å². The number of rotatable bonds is 3. The Morgan fingerprint density at radius 3 is 2.93 bits per heavy atom. The Kier molecular flexibility index (Phi) is 3.86. The highest BCUT2D eigenvalue weighted by Gasteiger charge is 2.30. The van der Waals surface area contributed by atoms with Crippen LogP contribution in [0.25, 0.3) is 22.6 Å². The minimum atomic E-state index is -0.273. The van der Waals surface area contributed by atoms with E-state index in [4.69, 9.17) is 9.47 Å². The Hall–Kier alpha value is -2.87. The first-order valence-corrected chi connectivity index (χ1v) is 9.23. The standard InChI is InChI=1S/C19H21N5O3/c1-10-7-11(8-13(10)25)22-18-15-19(21-9-20-18)24-17(23-15)12-3-2-4-14-16(12)27-6-5-26-14/h2-4,9-11,13,25H,5-8H2,1H3,(H2,20,21,22,23,24)/t10-,11+,13-/m0/s1. The molecule has 5 rings (SSSR count). The van der Waals surface area contributed by atoms with Gasteiger partial charge in [0.1, 0.15) is 30.9 Å². The average Bonchev–Trinajstić information content (AvgIpc) is 3.25. The number of imidazole rings is 1. The first-order valence-electron chi connectivity index (χ1n) is 9.23. The lowest BCUT2D eigenvalue weighted by molar-refractivity contribution is 0.141. The fraction of sp³-hybridized carbons (Fsp3) is 0.421. The number of nitrogens with one attached hydrogen (secondary N) is 2. The Balaban J connectivity index is 1.52. The summed E-state index contributed by atoms with van der Waals surface area (Å²) in [7, 11) is 0. The number of hydrogen-bond acceptors (Lipinski definition) is 7. The molecule has 3 aromatic rings. The van der Waals surface area contributed by atoms with Crippen LogP contribution in [-0.2, 0) is 0 Å². The minimum Gasteiger partial charge on any atom is -0.486 e. The second-order valence-corrected chi connectivity index (χ2v) is 7.19. The SMILES string of the molecule is C[C@H]1C[C@@H](Nc2ncnc3nc(-c4cccc5c4OCCO5)[nH]c23)C[C@@H]1O. The van der Waals surface area contributed by atoms with Crippen LogP contribution in [0.3, 0.4) is 0 Å². The molecule has 3 heterocycles. The Labute approximate surface area is 156 Å². The number of aliphatic hydroxyl groups is 1. The average molecular weight is 367 g/mol. The summed E-state index contributed by atoms with van der Waals surface area (Å²) in [5.74, 6) is 3.06. The lowest BCUT2D eigenvalue weighted by Gasteiger charge is -2.20. The van der Waals surface area contributed by atoms with Crippen molar-refractivity contribution in [1.29, 1.82) is 0 Å². The highest BCUT2D eigenvalue weighted by Crippen LogP contribution is 2.39. The zero-order valence-electron chi connectivity index (χ0n) is 15.0. The molecule has 1 aromatic carbocycles. The van der Waals surface area contributed by atoms with Gasteiger partial charge in [-0.1, -0.05) is 13.0 Å². The molecular formula is C19H21N5O3. The third kappa shape index (κ3) is 2.86. The van der Waals surface area contributed by atoms with Crippen molar-refractivity contribution in [3.8, 4) is 22.9 Å². The minimum absolute atomic E-state index is 0.182. The molecule has 8 nitrogen and oxygen atoms in total. The lowest BCUT2D eigenvalue weighted by Crippen LogP contribution is -2.17. The van der Waals surface area contributed by atoms with Gasteiger partial charge in [0.05, 0.1) is 11.7 Å². The van der Waals surface area contributed by atoms with Gasteiger partial charge >= 0.3 is 0 Å². The van der Waals surface area contributed by atoms with Gasteiger partial charge in [0.2, 0.25) is 0 Å². The number of anilines is 1. The molecule has 27 heavy (non-hydrogen) atoms. The largest absolute Gasteiger partial charge is 0.486 e. The molecule has 1 fully saturated rings. The molecule has 3 atom stereocenters. The molecule has 0 amide bonds. The zero-order chi connectivity index (χ0) is 18.4. The molecule has 0 unspecified atom stereocenters. The van der Waals surface area contributed by atoms with E-state index in [0.717, 1.165) is 23.3 Å². The van der Waals surface area contributed by atoms with E-state index in [2.05, 4.69) is 32.2 Å². The van der Waals surface area contributed by atoms with E-state index in [0.29, 0.717) is 42.7 Å². The lowest BCUT2D eigenvalue weighted by atomic mass is 10.1. The van der Waals surface area contributed by atoms with Gasteiger partial charge in [-0.05, 0) is 30.9 Å². The molecule has 1 aliphatic heterocycles. The number of para-hydroxylation sites is 1. The number of aliphatic hydroxyl groups excluding tert-OH is 1. The van der Waals surface area contributed by atoms with Gasteiger partial charge in [-0.25, -0.2) is 15.0 Å². The number of fused-ring (bicyclic) bond motifs is 2. The third-order valence-corrected chi connectivity index (χ3v) is 5.29. The maximum atomic E-state index is 10.0. The quantitative estimate of drug-likeness (QED) is 0.652. The van der Waals surface area contributed by atoms with Crippen molar-refractivity contribution < 1.29 is 14.6 Å². The van der Waals surface area contributed by atoms with Crippen molar-refractivity contribution in [1.82, 2.24) is 19.9 Å². The first kappa shape index (κ1) is 16.3. The summed E-state index contributed by atoms with van der Waals surface area (Å²) in [6, 6.07) is 5.93. The molecule has 0 spiro atoms. The summed E-state index contributed by atoms with van der Waals surface area (Å²) in [5, 5.41) is 13.4. The van der Waals surface area contributed by atoms with E-state index in [1.165, 1.54) is 6.33 Å². The number of nitrogens with zero attached hydrogens (tertiary/aromatic N) is 3. The molecule has 0 saturated heterocycles. The fourth-order valence-electron chi connectivity index (χ4n) is 3.86. The van der Waals surface area contributed by atoms with E-state index in [-0.39, 0.29) is 18.1 Å². The smallest absolute Gasteiger partial charge is 0.183 e. The summed E-state index contributed by atoms with van der Waals surface area (Å²) in [5.41, 5.74) is 2.17. The summed E-state index contributed by atoms with van der Waals surface area (Å²) in [6.07, 6.45) is 2.85. The number of hydrogen-bond donors (Lipinski definition) is 3. The predicted molar refractivity (Wildman–Crippen MR) is 99.9 cm³/mol. The Morgan fingerprint density at radius 1 is 1.19 bits per heavy atom. The van der Waals surface area contributed by atoms with E-state index in [1.54, 1.807) is 0 Å². The zero-order valence-corrected chi connectivity index (χ0v) is 15.0. The second kappa shape index (κ2) is 6.38. The first-order chi connectivity index (χ1) is 13.2. The molecule has 1 aliphatic carbocycles. The van der Waals surface area contributed by atoms with Crippen LogP contribution in [0.15, 0.2) is 24.5 Å². The van der Waals surface area contributed by atoms with Gasteiger partial charge in [0.15, 0.2) is 23.0 Å². The number of benzene rings is 1. The molecule has 8 heteroatoms. The molecule has 2 aliphatic rings. The molecular weight excluding hydrogens is 346 g/mol. The summed E-state index contributed by atoms with van der Waals surface area (Å²) in [6.45, 7) is 3.12. The number of aromatic amines is 1. The van der Waals surface area contributed by atoms with Gasteiger partial charge in [-0.3, -0.25) is 0 Å². The molecule has 140 valence electrons. The van der Waals surface area contributed by atoms with Gasteiger partial charge in [-0.2, -0.15) is 0 Å². The van der Waals surface area contributed by atoms with Crippen molar-refractivity contribution in [2.75, 3.05) is 18.5 Å². The Morgan fingerprint density at radius 2 is 2.07 bits per heavy atom. The van der Waals surface area contributed by atoms with Crippen molar-refractivity contribution in [3.05, 3.63) is 24.5 Å². The van der Waals surface area contributed by atoms with Crippen molar-refractivity contribution in [2.45, 2.75) is 31.9 Å². The van der Waals surface area contributed by atoms with Crippen LogP contribution < -0.4 is 14.8 Å². The molecule has 3 N–H and O–H groups in total. The van der Waals surface area contributed by atoms with Crippen molar-refractivity contribution in [2.24, 2.45) is 5.92 Å². The maximum absolute atomic E-state index is 10.0. The predicted octanol–water partition coefficient (Wildman–Crippen LogP) is 2.36. The van der Waals surface area contributed by atoms with Crippen LogP contribution in [0.4, 0.5) is 5.82 Å². The Bertz CT molecular complexity index is 979. The van der Waals surface area contributed by atoms with Crippen LogP contribution in [0.5, 0.6) is 11.5 Å². The fourth-order valence-corrected chi connectivity index (χ4v) is 3.86. The number of ether oxygens (including phenoxy) is 2. The number of aromatic nitrogens is 4. The third-order valence-electron chi connectivity index (χ3n) is 5.29. The highest BCUT2D eigenvalue weighted by molar-refractivity contribution is 5.86. The summed E-state index contributed by atoms with van der Waals surface area (Å²) in [4.78, 5) is 16.6. The molecule has 0 radical (unpaired) electrons. The molecule has 0 bridgehead atoms. The normalized spacial score (nSPS) is 24.3. The van der Waals surface area contributed by atoms with Gasteiger partial charge in [0, 0.05) is 6.04 Å². The topological polar surface area (TPSA) is 105 Å². The number of H-pyrrole nitrogens is 1. The van der Waals surface area contributed by atoms with Crippen molar-refractivity contribution in [3.63, 3.8) is 0 Å². The van der Waals surface area contributed by atoms with E-state index >= 15 is 0 Å². The van der Waals surface area contributed by atoms with E-state index < -0.39 is 0 Å². The van der Waals surface area contributed by atoms with Crippen LogP contribution in [0, 0.1) is 5.92 Å². The van der Waals surface area contributed by atoms with Crippen LogP contribution in [-0.4, -0.2) is 50.4 Å². The second-order valence-electron chi connectivity index (χ2n) is 7.19. The van der Waals surface area contributed by atoms with Crippen molar-refractivity contribution >= 4 is 17.0 Å². The molecule has 2 aromatic heterocycles. The summed E-state index contributed by atoms with van der Waals surface area (Å²) >= 11 is 0.